The van der Waals surface area contributed by atoms with Gasteiger partial charge in [0.2, 0.25) is 0 Å². The van der Waals surface area contributed by atoms with Gasteiger partial charge in [0.1, 0.15) is 5.82 Å². The van der Waals surface area contributed by atoms with Gasteiger partial charge >= 0.3 is 0 Å². The molecule has 2 aromatic carbocycles. The fourth-order valence-electron chi connectivity index (χ4n) is 2.08. The minimum atomic E-state index is -0.786. The van der Waals surface area contributed by atoms with Crippen LogP contribution in [0, 0.1) is 11.6 Å². The summed E-state index contributed by atoms with van der Waals surface area (Å²) in [6.07, 6.45) is 1.66. The van der Waals surface area contributed by atoms with Crippen molar-refractivity contribution in [1.29, 1.82) is 0 Å². The normalized spacial score (nSPS) is 10.8. The number of benzene rings is 2. The molecule has 0 unspecified atom stereocenters. The maximum atomic E-state index is 13.8. The van der Waals surface area contributed by atoms with Crippen LogP contribution in [0.2, 0.25) is 5.02 Å². The Morgan fingerprint density at radius 1 is 1.14 bits per heavy atom. The monoisotopic (exact) mass is 305 g/mol. The van der Waals surface area contributed by atoms with E-state index in [-0.39, 0.29) is 10.7 Å². The van der Waals surface area contributed by atoms with Crippen LogP contribution in [0.15, 0.2) is 42.6 Å². The highest BCUT2D eigenvalue weighted by atomic mass is 35.5. The second-order valence-electron chi connectivity index (χ2n) is 4.47. The van der Waals surface area contributed by atoms with Crippen LogP contribution in [-0.2, 0) is 0 Å². The Balaban J connectivity index is 2.09. The zero-order valence-corrected chi connectivity index (χ0v) is 11.5. The number of nitrogens with zero attached hydrogens (tertiary/aromatic N) is 1. The van der Waals surface area contributed by atoms with Gasteiger partial charge in [0.05, 0.1) is 27.6 Å². The highest BCUT2D eigenvalue weighted by molar-refractivity contribution is 6.33. The number of nitrogens with one attached hydrogen (secondary N) is 1. The minimum Gasteiger partial charge on any atom is -0.396 e. The molecule has 0 aliphatic rings. The lowest BCUT2D eigenvalue weighted by molar-refractivity contribution is 0.586. The van der Waals surface area contributed by atoms with Crippen LogP contribution in [-0.4, -0.2) is 4.98 Å². The first-order valence-corrected chi connectivity index (χ1v) is 6.49. The molecular formula is C15H10ClF2N3. The number of fused-ring (bicyclic) bond motifs is 1. The van der Waals surface area contributed by atoms with Crippen molar-refractivity contribution in [2.24, 2.45) is 0 Å². The Bertz CT molecular complexity index is 813. The standard InChI is InChI=1S/C15H10ClF2N3/c16-10-6-8(17)7-11(18)15(10)21-13-4-3-12-9(14(13)19)2-1-5-20-12/h1-7,21H,19H2. The molecule has 0 bridgehead atoms. The third kappa shape index (κ3) is 2.48. The number of anilines is 3. The number of rotatable bonds is 2. The topological polar surface area (TPSA) is 50.9 Å². The minimum absolute atomic E-state index is 0.0204. The second kappa shape index (κ2) is 5.18. The van der Waals surface area contributed by atoms with Crippen LogP contribution in [0.4, 0.5) is 25.8 Å². The van der Waals surface area contributed by atoms with Crippen LogP contribution in [0.5, 0.6) is 0 Å². The molecule has 3 N–H and O–H groups in total. The molecule has 0 amide bonds. The van der Waals surface area contributed by atoms with Crippen molar-refractivity contribution < 1.29 is 8.78 Å². The van der Waals surface area contributed by atoms with E-state index in [4.69, 9.17) is 17.3 Å². The van der Waals surface area contributed by atoms with E-state index in [1.54, 1.807) is 24.4 Å². The summed E-state index contributed by atoms with van der Waals surface area (Å²) in [4.78, 5) is 4.18. The van der Waals surface area contributed by atoms with Gasteiger partial charge < -0.3 is 11.1 Å². The van der Waals surface area contributed by atoms with Gasteiger partial charge in [0.15, 0.2) is 5.82 Å². The molecule has 1 heterocycles. The summed E-state index contributed by atoms with van der Waals surface area (Å²) in [5.74, 6) is -1.52. The van der Waals surface area contributed by atoms with Crippen LogP contribution in [0.1, 0.15) is 0 Å². The Morgan fingerprint density at radius 2 is 1.95 bits per heavy atom. The van der Waals surface area contributed by atoms with Crippen LogP contribution < -0.4 is 11.1 Å². The van der Waals surface area contributed by atoms with Crippen molar-refractivity contribution in [3.63, 3.8) is 0 Å². The zero-order chi connectivity index (χ0) is 15.0. The lowest BCUT2D eigenvalue weighted by Gasteiger charge is -2.13. The number of hydrogen-bond acceptors (Lipinski definition) is 3. The smallest absolute Gasteiger partial charge is 0.151 e. The number of pyridine rings is 1. The summed E-state index contributed by atoms with van der Waals surface area (Å²) >= 11 is 5.86. The highest BCUT2D eigenvalue weighted by Crippen LogP contribution is 2.34. The highest BCUT2D eigenvalue weighted by Gasteiger charge is 2.12. The molecule has 3 nitrogen and oxygen atoms in total. The molecule has 6 heteroatoms. The third-order valence-corrected chi connectivity index (χ3v) is 3.39. The Labute approximate surface area is 124 Å². The SMILES string of the molecule is Nc1c(Nc2c(F)cc(F)cc2Cl)ccc2ncccc12. The summed E-state index contributed by atoms with van der Waals surface area (Å²) in [6.45, 7) is 0. The van der Waals surface area contributed by atoms with Crippen molar-refractivity contribution in [3.05, 3.63) is 59.3 Å². The molecular weight excluding hydrogens is 296 g/mol. The van der Waals surface area contributed by atoms with E-state index < -0.39 is 11.6 Å². The molecule has 0 atom stereocenters. The molecule has 0 saturated carbocycles. The summed E-state index contributed by atoms with van der Waals surface area (Å²) in [5.41, 5.74) is 7.65. The maximum absolute atomic E-state index is 13.8. The first-order chi connectivity index (χ1) is 10.1. The zero-order valence-electron chi connectivity index (χ0n) is 10.7. The molecule has 0 aliphatic carbocycles. The van der Waals surface area contributed by atoms with Gasteiger partial charge in [0, 0.05) is 17.6 Å². The molecule has 3 aromatic rings. The molecule has 0 saturated heterocycles. The van der Waals surface area contributed by atoms with Gasteiger partial charge in [-0.3, -0.25) is 4.98 Å². The number of nitrogen functional groups attached to an aromatic ring is 1. The van der Waals surface area contributed by atoms with Crippen LogP contribution >= 0.6 is 11.6 Å². The number of nitrogens with two attached hydrogens (primary N) is 1. The number of halogens is 3. The van der Waals surface area contributed by atoms with Crippen molar-refractivity contribution in [2.45, 2.75) is 0 Å². The average Bonchev–Trinajstić information content (AvgIpc) is 2.45. The average molecular weight is 306 g/mol. The molecule has 0 aliphatic heterocycles. The summed E-state index contributed by atoms with van der Waals surface area (Å²) in [6, 6.07) is 8.78. The largest absolute Gasteiger partial charge is 0.396 e. The fraction of sp³-hybridized carbons (Fsp3) is 0. The van der Waals surface area contributed by atoms with Crippen molar-refractivity contribution in [1.82, 2.24) is 4.98 Å². The Morgan fingerprint density at radius 3 is 2.71 bits per heavy atom. The van der Waals surface area contributed by atoms with E-state index in [1.165, 1.54) is 0 Å². The van der Waals surface area contributed by atoms with E-state index in [9.17, 15) is 8.78 Å². The number of aromatic nitrogens is 1. The predicted molar refractivity (Wildman–Crippen MR) is 80.8 cm³/mol. The summed E-state index contributed by atoms with van der Waals surface area (Å²) < 4.78 is 26.9. The first kappa shape index (κ1) is 13.6. The predicted octanol–water partition coefficient (Wildman–Crippen LogP) is 4.49. The maximum Gasteiger partial charge on any atom is 0.151 e. The van der Waals surface area contributed by atoms with Crippen LogP contribution in [0.3, 0.4) is 0 Å². The van der Waals surface area contributed by atoms with Crippen molar-refractivity contribution in [2.75, 3.05) is 11.1 Å². The third-order valence-electron chi connectivity index (χ3n) is 3.09. The molecule has 106 valence electrons. The van der Waals surface area contributed by atoms with Gasteiger partial charge in [-0.15, -0.1) is 0 Å². The van der Waals surface area contributed by atoms with E-state index in [0.29, 0.717) is 11.4 Å². The molecule has 0 fully saturated rings. The molecule has 21 heavy (non-hydrogen) atoms. The number of hydrogen-bond donors (Lipinski definition) is 2. The Hall–Kier alpha value is -2.40. The fourth-order valence-corrected chi connectivity index (χ4v) is 2.32. The quantitative estimate of drug-likeness (QED) is 0.686. The van der Waals surface area contributed by atoms with Gasteiger partial charge in [-0.25, -0.2) is 8.78 Å². The molecule has 0 radical (unpaired) electrons. The van der Waals surface area contributed by atoms with E-state index >= 15 is 0 Å². The van der Waals surface area contributed by atoms with E-state index in [0.717, 1.165) is 23.0 Å². The molecule has 1 aromatic heterocycles. The van der Waals surface area contributed by atoms with Gasteiger partial charge in [-0.05, 0) is 30.3 Å². The first-order valence-electron chi connectivity index (χ1n) is 6.11. The second-order valence-corrected chi connectivity index (χ2v) is 4.87. The van der Waals surface area contributed by atoms with Gasteiger partial charge in [-0.2, -0.15) is 0 Å². The molecule has 3 rings (SSSR count). The summed E-state index contributed by atoms with van der Waals surface area (Å²) in [7, 11) is 0. The lowest BCUT2D eigenvalue weighted by atomic mass is 10.1. The molecule has 0 spiro atoms. The lowest BCUT2D eigenvalue weighted by Crippen LogP contribution is -2.00. The van der Waals surface area contributed by atoms with Crippen molar-refractivity contribution >= 4 is 39.6 Å². The summed E-state index contributed by atoms with van der Waals surface area (Å²) in [5, 5.41) is 3.48. The van der Waals surface area contributed by atoms with E-state index in [1.807, 2.05) is 6.07 Å². The van der Waals surface area contributed by atoms with Crippen LogP contribution in [0.25, 0.3) is 10.9 Å². The van der Waals surface area contributed by atoms with Gasteiger partial charge in [-0.1, -0.05) is 11.6 Å². The Kier molecular flexibility index (Phi) is 3.35. The van der Waals surface area contributed by atoms with Gasteiger partial charge in [0.25, 0.3) is 0 Å². The van der Waals surface area contributed by atoms with Crippen molar-refractivity contribution in [3.8, 4) is 0 Å². The van der Waals surface area contributed by atoms with E-state index in [2.05, 4.69) is 10.3 Å².